The molecule has 4 aromatic rings. The summed E-state index contributed by atoms with van der Waals surface area (Å²) >= 11 is 0. The molecule has 1 saturated heterocycles. The van der Waals surface area contributed by atoms with Gasteiger partial charge in [-0.3, -0.25) is 4.79 Å². The number of carbonyl (C=O) groups excluding carboxylic acids is 2. The predicted octanol–water partition coefficient (Wildman–Crippen LogP) is 9.64. The molecule has 2 amide bonds. The van der Waals surface area contributed by atoms with E-state index in [9.17, 15) is 4.79 Å². The van der Waals surface area contributed by atoms with E-state index >= 15 is 9.18 Å². The number of fused-ring (bicyclic) bond motifs is 1. The highest BCUT2D eigenvalue weighted by atomic mass is 28.3. The molecular weight excluding hydrogens is 810 g/mol. The molecule has 6 rings (SSSR count). The first-order chi connectivity index (χ1) is 29.5. The summed E-state index contributed by atoms with van der Waals surface area (Å²) in [5.74, 6) is 1.03. The van der Waals surface area contributed by atoms with Gasteiger partial charge in [0.15, 0.2) is 6.79 Å². The van der Waals surface area contributed by atoms with Gasteiger partial charge in [-0.15, -0.1) is 0 Å². The van der Waals surface area contributed by atoms with E-state index in [2.05, 4.69) is 24.2 Å². The third kappa shape index (κ3) is 12.7. The van der Waals surface area contributed by atoms with Gasteiger partial charge in [-0.1, -0.05) is 25.7 Å². The van der Waals surface area contributed by atoms with Gasteiger partial charge in [0.05, 0.1) is 25.7 Å². The monoisotopic (exact) mass is 875 g/mol. The van der Waals surface area contributed by atoms with Crippen LogP contribution in [-0.2, 0) is 38.7 Å². The summed E-state index contributed by atoms with van der Waals surface area (Å²) in [6.45, 7) is 15.3. The second-order valence-corrected chi connectivity index (χ2v) is 24.3. The molecule has 62 heavy (non-hydrogen) atoms. The molecule has 0 radical (unpaired) electrons. The maximum absolute atomic E-state index is 15.7. The van der Waals surface area contributed by atoms with Crippen molar-refractivity contribution < 1.29 is 47.1 Å². The summed E-state index contributed by atoms with van der Waals surface area (Å²) in [5.41, 5.74) is 2.52. The van der Waals surface area contributed by atoms with Crippen molar-refractivity contribution in [1.82, 2.24) is 14.4 Å². The summed E-state index contributed by atoms with van der Waals surface area (Å²) in [6.07, 6.45) is 4.47. The van der Waals surface area contributed by atoms with Crippen molar-refractivity contribution in [3.63, 3.8) is 0 Å². The molecule has 0 spiro atoms. The molecule has 2 heterocycles. The number of carbonyl (C=O) groups is 2. The summed E-state index contributed by atoms with van der Waals surface area (Å²) in [4.78, 5) is 32.5. The fourth-order valence-electron chi connectivity index (χ4n) is 7.98. The normalized spacial score (nSPS) is 16.9. The lowest BCUT2D eigenvalue weighted by molar-refractivity contribution is -0.139. The van der Waals surface area contributed by atoms with E-state index in [0.29, 0.717) is 61.1 Å². The Balaban J connectivity index is 1.34. The van der Waals surface area contributed by atoms with Crippen molar-refractivity contribution in [2.24, 2.45) is 5.92 Å². The minimum atomic E-state index is -1.31. The Hall–Kier alpha value is -4.79. The quantitative estimate of drug-likeness (QED) is 0.0487. The molecule has 1 saturated carbocycles. The first-order valence-electron chi connectivity index (χ1n) is 21.8. The number of likely N-dealkylation sites (tertiary alicyclic amines) is 1. The smallest absolute Gasteiger partial charge is 0.410 e. The van der Waals surface area contributed by atoms with Crippen LogP contribution in [0.2, 0.25) is 25.7 Å². The van der Waals surface area contributed by atoms with Gasteiger partial charge in [-0.2, -0.15) is 0 Å². The van der Waals surface area contributed by atoms with Gasteiger partial charge < -0.3 is 47.5 Å². The molecule has 1 aromatic heterocycles. The number of benzene rings is 3. The lowest BCUT2D eigenvalue weighted by atomic mass is 9.79. The van der Waals surface area contributed by atoms with Crippen molar-refractivity contribution >= 4 is 31.0 Å². The number of aromatic nitrogens is 1. The van der Waals surface area contributed by atoms with Gasteiger partial charge >= 0.3 is 6.09 Å². The Morgan fingerprint density at radius 1 is 0.887 bits per heavy atom. The molecular formula is C48H66FN3O9Si. The van der Waals surface area contributed by atoms with Crippen LogP contribution in [0.25, 0.3) is 10.9 Å². The molecule has 0 bridgehead atoms. The van der Waals surface area contributed by atoms with Gasteiger partial charge in [-0.25, -0.2) is 9.18 Å². The number of aryl methyl sites for hydroxylation is 1. The molecule has 3 aromatic carbocycles. The molecule has 2 aliphatic rings. The van der Waals surface area contributed by atoms with Crippen molar-refractivity contribution in [1.29, 1.82) is 0 Å². The van der Waals surface area contributed by atoms with Gasteiger partial charge in [0.2, 0.25) is 5.91 Å². The summed E-state index contributed by atoms with van der Waals surface area (Å²) in [7, 11) is 3.58. The lowest BCUT2D eigenvalue weighted by Gasteiger charge is -2.40. The molecule has 2 fully saturated rings. The molecule has 1 aliphatic carbocycles. The number of nitrogens with zero attached hydrogens (tertiary/aromatic N) is 3. The van der Waals surface area contributed by atoms with Gasteiger partial charge in [0, 0.05) is 84.3 Å². The van der Waals surface area contributed by atoms with Crippen LogP contribution >= 0.6 is 0 Å². The highest BCUT2D eigenvalue weighted by Gasteiger charge is 2.44. The molecule has 1 aliphatic heterocycles. The second-order valence-electron chi connectivity index (χ2n) is 18.7. The van der Waals surface area contributed by atoms with Crippen LogP contribution in [0.15, 0.2) is 60.8 Å². The number of hydrogen-bond donors (Lipinski definition) is 0. The number of hydrogen-bond acceptors (Lipinski definition) is 9. The fourth-order valence-corrected chi connectivity index (χ4v) is 8.73. The van der Waals surface area contributed by atoms with Crippen LogP contribution in [0.3, 0.4) is 0 Å². The number of piperidine rings is 1. The molecule has 0 N–H and O–H groups in total. The maximum atomic E-state index is 15.7. The van der Waals surface area contributed by atoms with Crippen LogP contribution in [0.1, 0.15) is 69.1 Å². The van der Waals surface area contributed by atoms with Crippen molar-refractivity contribution in [3.8, 4) is 23.0 Å². The fraction of sp³-hybridized carbons (Fsp3) is 0.542. The summed E-state index contributed by atoms with van der Waals surface area (Å²) in [6, 6.07) is 17.5. The van der Waals surface area contributed by atoms with Crippen molar-refractivity contribution in [3.05, 3.63) is 83.3 Å². The van der Waals surface area contributed by atoms with Crippen molar-refractivity contribution in [2.45, 2.75) is 109 Å². The van der Waals surface area contributed by atoms with Crippen LogP contribution in [0.4, 0.5) is 9.18 Å². The highest BCUT2D eigenvalue weighted by Crippen LogP contribution is 2.41. The van der Waals surface area contributed by atoms with Gasteiger partial charge in [0.25, 0.3) is 0 Å². The summed E-state index contributed by atoms with van der Waals surface area (Å²) < 4.78 is 58.5. The SMILES string of the molecule is COCCCn1cc(CN(C(=O)C2CN(C(=O)OC(C)(C)C)CC[C@@H]2c2cc(OCOCC[Si](C)(C)C)cc(OCc3cc(OC)cc(OC)c3)c2)C2CC2)c2c(F)cccc21. The minimum Gasteiger partial charge on any atom is -0.497 e. The second kappa shape index (κ2) is 20.6. The third-order valence-corrected chi connectivity index (χ3v) is 13.0. The Labute approximate surface area is 367 Å². The first kappa shape index (κ1) is 46.7. The zero-order valence-corrected chi connectivity index (χ0v) is 39.1. The van der Waals surface area contributed by atoms with E-state index in [4.69, 9.17) is 33.2 Å². The molecule has 12 nitrogen and oxygen atoms in total. The third-order valence-electron chi connectivity index (χ3n) is 11.3. The minimum absolute atomic E-state index is 0.000411. The average molecular weight is 876 g/mol. The Morgan fingerprint density at radius 3 is 2.23 bits per heavy atom. The van der Waals surface area contributed by atoms with E-state index in [1.165, 1.54) is 6.07 Å². The topological polar surface area (TPSA) is 110 Å². The zero-order valence-electron chi connectivity index (χ0n) is 38.1. The van der Waals surface area contributed by atoms with E-state index < -0.39 is 25.7 Å². The predicted molar refractivity (Wildman–Crippen MR) is 241 cm³/mol. The standard InChI is InChI=1S/C48H66FN3O9Si/c1-48(2,3)61-47(54)51-18-16-41(42(30-51)46(53)52(36-14-15-36)29-35-28-50(17-11-19-55-4)44-13-10-12-43(49)45(35)44)34-24-39(27-40(25-34)60-32-58-20-21-62(7,8)9)59-31-33-22-37(56-5)26-38(23-33)57-6/h10,12-13,22-28,36,41-42H,11,14-21,29-32H2,1-9H3/t41-,42?/m1/s1. The van der Waals surface area contributed by atoms with Crippen LogP contribution < -0.4 is 18.9 Å². The van der Waals surface area contributed by atoms with E-state index in [0.717, 1.165) is 47.5 Å². The Bertz CT molecular complexity index is 2120. The maximum Gasteiger partial charge on any atom is 0.410 e. The average Bonchev–Trinajstić information content (AvgIpc) is 4.01. The molecule has 338 valence electrons. The largest absolute Gasteiger partial charge is 0.497 e. The number of methoxy groups -OCH3 is 3. The van der Waals surface area contributed by atoms with E-state index in [-0.39, 0.29) is 50.2 Å². The van der Waals surface area contributed by atoms with Crippen LogP contribution in [-0.4, -0.2) is 101 Å². The number of rotatable bonds is 20. The number of ether oxygens (including phenoxy) is 7. The van der Waals surface area contributed by atoms with E-state index in [1.807, 2.05) is 74.3 Å². The van der Waals surface area contributed by atoms with Crippen LogP contribution in [0, 0.1) is 11.7 Å². The van der Waals surface area contributed by atoms with Crippen LogP contribution in [0.5, 0.6) is 23.0 Å². The van der Waals surface area contributed by atoms with Crippen molar-refractivity contribution in [2.75, 3.05) is 54.4 Å². The molecule has 2 atom stereocenters. The van der Waals surface area contributed by atoms with Gasteiger partial charge in [0.1, 0.15) is 41.0 Å². The van der Waals surface area contributed by atoms with Gasteiger partial charge in [-0.05, 0) is 112 Å². The lowest BCUT2D eigenvalue weighted by Crippen LogP contribution is -2.51. The molecule has 1 unspecified atom stereocenters. The first-order valence-corrected chi connectivity index (χ1v) is 25.5. The highest BCUT2D eigenvalue weighted by molar-refractivity contribution is 6.76. The number of halogens is 1. The zero-order chi connectivity index (χ0) is 44.6. The Kier molecular flexibility index (Phi) is 15.5. The summed E-state index contributed by atoms with van der Waals surface area (Å²) in [5, 5.41) is 0.520. The van der Waals surface area contributed by atoms with E-state index in [1.54, 1.807) is 32.3 Å². The Morgan fingerprint density at radius 2 is 1.58 bits per heavy atom. The molecule has 14 heteroatoms. The number of amides is 2.